The summed E-state index contributed by atoms with van der Waals surface area (Å²) in [5.41, 5.74) is 9.62. The summed E-state index contributed by atoms with van der Waals surface area (Å²) in [6.45, 7) is -0.163. The first-order valence-electron chi connectivity index (χ1n) is 6.88. The molecule has 0 bridgehead atoms. The van der Waals surface area contributed by atoms with E-state index in [1.165, 1.54) is 7.11 Å². The van der Waals surface area contributed by atoms with Gasteiger partial charge < -0.3 is 24.4 Å². The molecule has 1 aromatic carbocycles. The molecule has 1 aliphatic rings. The summed E-state index contributed by atoms with van der Waals surface area (Å²) >= 11 is 0. The standard InChI is InChI=1S/C14H19N3O5/c1-20-14-11(16-17-15)13(12(19)10(7-18)22-14)21-8-9-5-3-2-4-6-9/h2-6,10-14,18-19H,7-8H2,1H3/t10?,11?,12-,13+,14+/m1/s1. The molecule has 8 nitrogen and oxygen atoms in total. The molecule has 8 heteroatoms. The maximum Gasteiger partial charge on any atom is 0.168 e. The second-order valence-corrected chi connectivity index (χ2v) is 4.91. The van der Waals surface area contributed by atoms with Crippen molar-refractivity contribution in [3.63, 3.8) is 0 Å². The zero-order valence-electron chi connectivity index (χ0n) is 12.1. The zero-order chi connectivity index (χ0) is 15.9. The van der Waals surface area contributed by atoms with Gasteiger partial charge in [0.2, 0.25) is 0 Å². The number of aliphatic hydroxyl groups excluding tert-OH is 2. The molecule has 1 aliphatic heterocycles. The van der Waals surface area contributed by atoms with Crippen LogP contribution in [0.25, 0.3) is 10.4 Å². The van der Waals surface area contributed by atoms with Crippen molar-refractivity contribution in [3.05, 3.63) is 46.3 Å². The number of benzene rings is 1. The molecule has 1 fully saturated rings. The first kappa shape index (κ1) is 16.7. The van der Waals surface area contributed by atoms with Gasteiger partial charge in [0.1, 0.15) is 18.2 Å². The first-order chi connectivity index (χ1) is 10.7. The normalized spacial score (nSPS) is 31.5. The van der Waals surface area contributed by atoms with Gasteiger partial charge in [-0.15, -0.1) is 0 Å². The highest BCUT2D eigenvalue weighted by Crippen LogP contribution is 2.27. The summed E-state index contributed by atoms with van der Waals surface area (Å²) in [4.78, 5) is 2.76. The van der Waals surface area contributed by atoms with E-state index in [2.05, 4.69) is 10.0 Å². The van der Waals surface area contributed by atoms with Gasteiger partial charge in [-0.25, -0.2) is 0 Å². The van der Waals surface area contributed by atoms with Crippen molar-refractivity contribution in [1.82, 2.24) is 0 Å². The minimum absolute atomic E-state index is 0.231. The number of methoxy groups -OCH3 is 1. The maximum absolute atomic E-state index is 10.3. The molecule has 2 unspecified atom stereocenters. The fourth-order valence-corrected chi connectivity index (χ4v) is 2.39. The van der Waals surface area contributed by atoms with Crippen LogP contribution in [0.2, 0.25) is 0 Å². The highest BCUT2D eigenvalue weighted by Gasteiger charge is 2.45. The van der Waals surface area contributed by atoms with Crippen LogP contribution >= 0.6 is 0 Å². The van der Waals surface area contributed by atoms with Crippen LogP contribution in [0.3, 0.4) is 0 Å². The molecular weight excluding hydrogens is 290 g/mol. The van der Waals surface area contributed by atoms with Crippen LogP contribution in [0.1, 0.15) is 5.56 Å². The van der Waals surface area contributed by atoms with E-state index in [-0.39, 0.29) is 6.61 Å². The molecule has 1 heterocycles. The van der Waals surface area contributed by atoms with Gasteiger partial charge in [-0.1, -0.05) is 35.4 Å². The van der Waals surface area contributed by atoms with Gasteiger partial charge in [0.05, 0.1) is 19.3 Å². The van der Waals surface area contributed by atoms with Crippen LogP contribution in [0.5, 0.6) is 0 Å². The summed E-state index contributed by atoms with van der Waals surface area (Å²) in [5.74, 6) is 0. The predicted molar refractivity (Wildman–Crippen MR) is 76.7 cm³/mol. The van der Waals surface area contributed by atoms with Gasteiger partial charge >= 0.3 is 0 Å². The molecule has 2 N–H and O–H groups in total. The SMILES string of the molecule is CO[C@H]1OC(CO)[C@@H](O)[C@@H](OCc2ccccc2)C1N=[N+]=[N-]. The lowest BCUT2D eigenvalue weighted by atomic mass is 9.97. The van der Waals surface area contributed by atoms with Crippen LogP contribution < -0.4 is 0 Å². The van der Waals surface area contributed by atoms with Crippen LogP contribution in [-0.4, -0.2) is 54.6 Å². The Morgan fingerprint density at radius 3 is 2.68 bits per heavy atom. The van der Waals surface area contributed by atoms with Gasteiger partial charge in [0.25, 0.3) is 0 Å². The van der Waals surface area contributed by atoms with E-state index in [1.54, 1.807) is 0 Å². The molecule has 1 saturated heterocycles. The van der Waals surface area contributed by atoms with E-state index in [0.29, 0.717) is 0 Å². The lowest BCUT2D eigenvalue weighted by Gasteiger charge is -2.41. The maximum atomic E-state index is 10.3. The van der Waals surface area contributed by atoms with Crippen molar-refractivity contribution in [2.45, 2.75) is 37.3 Å². The van der Waals surface area contributed by atoms with Gasteiger partial charge in [-0.05, 0) is 11.1 Å². The van der Waals surface area contributed by atoms with Crippen molar-refractivity contribution < 1.29 is 24.4 Å². The van der Waals surface area contributed by atoms with Crippen molar-refractivity contribution in [2.24, 2.45) is 5.11 Å². The molecular formula is C14H19N3O5. The van der Waals surface area contributed by atoms with Crippen LogP contribution in [0.4, 0.5) is 0 Å². The molecule has 0 aromatic heterocycles. The fraction of sp³-hybridized carbons (Fsp3) is 0.571. The van der Waals surface area contributed by atoms with E-state index >= 15 is 0 Å². The monoisotopic (exact) mass is 309 g/mol. The molecule has 2 rings (SSSR count). The molecule has 120 valence electrons. The Kier molecular flexibility index (Phi) is 6.14. The van der Waals surface area contributed by atoms with E-state index in [9.17, 15) is 10.2 Å². The average molecular weight is 309 g/mol. The number of azide groups is 1. The van der Waals surface area contributed by atoms with Gasteiger partial charge in [-0.3, -0.25) is 0 Å². The third-order valence-electron chi connectivity index (χ3n) is 3.52. The van der Waals surface area contributed by atoms with Gasteiger partial charge in [0, 0.05) is 12.0 Å². The number of aliphatic hydroxyl groups is 2. The summed E-state index contributed by atoms with van der Waals surface area (Å²) in [6, 6.07) is 8.54. The van der Waals surface area contributed by atoms with Crippen molar-refractivity contribution in [3.8, 4) is 0 Å². The molecule has 1 aromatic rings. The van der Waals surface area contributed by atoms with E-state index in [4.69, 9.17) is 19.7 Å². The van der Waals surface area contributed by atoms with Crippen LogP contribution in [0, 0.1) is 0 Å². The lowest BCUT2D eigenvalue weighted by molar-refractivity contribution is -0.266. The van der Waals surface area contributed by atoms with Crippen LogP contribution in [-0.2, 0) is 20.8 Å². The van der Waals surface area contributed by atoms with Gasteiger partial charge in [0.15, 0.2) is 6.29 Å². The Morgan fingerprint density at radius 1 is 1.36 bits per heavy atom. The smallest absolute Gasteiger partial charge is 0.168 e. The molecule has 0 spiro atoms. The Labute approximate surface area is 127 Å². The number of rotatable bonds is 6. The summed E-state index contributed by atoms with van der Waals surface area (Å²) in [7, 11) is 1.39. The number of hydrogen-bond acceptors (Lipinski definition) is 6. The average Bonchev–Trinajstić information content (AvgIpc) is 2.56. The minimum atomic E-state index is -1.13. The van der Waals surface area contributed by atoms with Crippen LogP contribution in [0.15, 0.2) is 35.4 Å². The summed E-state index contributed by atoms with van der Waals surface area (Å²) in [6.07, 6.45) is -3.73. The van der Waals surface area contributed by atoms with Gasteiger partial charge in [-0.2, -0.15) is 0 Å². The molecule has 0 radical (unpaired) electrons. The Bertz CT molecular complexity index is 508. The van der Waals surface area contributed by atoms with Crippen molar-refractivity contribution >= 4 is 0 Å². The fourth-order valence-electron chi connectivity index (χ4n) is 2.39. The minimum Gasteiger partial charge on any atom is -0.394 e. The third-order valence-corrected chi connectivity index (χ3v) is 3.52. The molecule has 0 saturated carbocycles. The van der Waals surface area contributed by atoms with E-state index in [0.717, 1.165) is 5.56 Å². The molecule has 5 atom stereocenters. The summed E-state index contributed by atoms with van der Waals surface area (Å²) in [5, 5.41) is 23.2. The van der Waals surface area contributed by atoms with E-state index in [1.807, 2.05) is 30.3 Å². The Morgan fingerprint density at radius 2 is 2.09 bits per heavy atom. The third kappa shape index (κ3) is 3.75. The summed E-state index contributed by atoms with van der Waals surface area (Å²) < 4.78 is 16.2. The highest BCUT2D eigenvalue weighted by molar-refractivity contribution is 5.13. The van der Waals surface area contributed by atoms with E-state index < -0.39 is 37.3 Å². The largest absolute Gasteiger partial charge is 0.394 e. The number of ether oxygens (including phenoxy) is 3. The quantitative estimate of drug-likeness (QED) is 0.461. The predicted octanol–water partition coefficient (Wildman–Crippen LogP) is 0.975. The lowest BCUT2D eigenvalue weighted by Crippen LogP contribution is -2.59. The molecule has 0 aliphatic carbocycles. The number of nitrogens with zero attached hydrogens (tertiary/aromatic N) is 3. The highest BCUT2D eigenvalue weighted by atomic mass is 16.7. The van der Waals surface area contributed by atoms with Crippen molar-refractivity contribution in [2.75, 3.05) is 13.7 Å². The number of hydrogen-bond donors (Lipinski definition) is 2. The zero-order valence-corrected chi connectivity index (χ0v) is 12.1. The molecule has 0 amide bonds. The van der Waals surface area contributed by atoms with Crippen molar-refractivity contribution in [1.29, 1.82) is 0 Å². The topological polar surface area (TPSA) is 117 Å². The second kappa shape index (κ2) is 8.09. The Balaban J connectivity index is 2.15. The second-order valence-electron chi connectivity index (χ2n) is 4.91. The Hall–Kier alpha value is -1.67. The molecule has 22 heavy (non-hydrogen) atoms. The first-order valence-corrected chi connectivity index (χ1v) is 6.88.